The van der Waals surface area contributed by atoms with Gasteiger partial charge in [0.05, 0.1) is 0 Å². The molecule has 0 aromatic rings. The van der Waals surface area contributed by atoms with Gasteiger partial charge in [0.15, 0.2) is 0 Å². The zero-order valence-electron chi connectivity index (χ0n) is 9.55. The van der Waals surface area contributed by atoms with Crippen molar-refractivity contribution in [3.05, 3.63) is 0 Å². The van der Waals surface area contributed by atoms with E-state index >= 15 is 0 Å². The summed E-state index contributed by atoms with van der Waals surface area (Å²) in [4.78, 5) is 11.2. The van der Waals surface area contributed by atoms with E-state index < -0.39 is 0 Å². The summed E-state index contributed by atoms with van der Waals surface area (Å²) in [7, 11) is 0. The average Bonchev–Trinajstić information content (AvgIpc) is 2.60. The van der Waals surface area contributed by atoms with E-state index in [9.17, 15) is 4.79 Å². The van der Waals surface area contributed by atoms with E-state index in [4.69, 9.17) is 4.74 Å². The molecule has 2 fully saturated rings. The highest BCUT2D eigenvalue weighted by Gasteiger charge is 2.40. The van der Waals surface area contributed by atoms with Crippen LogP contribution in [0.5, 0.6) is 0 Å². The summed E-state index contributed by atoms with van der Waals surface area (Å²) in [5.41, 5.74) is 0.166. The van der Waals surface area contributed by atoms with Crippen molar-refractivity contribution in [3.63, 3.8) is 0 Å². The molecular formula is C12H21NO2. The van der Waals surface area contributed by atoms with Crippen LogP contribution in [0.1, 0.15) is 45.4 Å². The zero-order chi connectivity index (χ0) is 10.7. The Bertz CT molecular complexity index is 232. The van der Waals surface area contributed by atoms with E-state index in [0.717, 1.165) is 38.9 Å². The Morgan fingerprint density at radius 3 is 2.67 bits per heavy atom. The molecule has 2 rings (SSSR count). The maximum Gasteiger partial charge on any atom is 0.220 e. The van der Waals surface area contributed by atoms with Gasteiger partial charge in [0.2, 0.25) is 5.91 Å². The van der Waals surface area contributed by atoms with Gasteiger partial charge in [0.1, 0.15) is 0 Å². The van der Waals surface area contributed by atoms with Crippen LogP contribution in [0, 0.1) is 5.92 Å². The van der Waals surface area contributed by atoms with Gasteiger partial charge in [-0.3, -0.25) is 4.79 Å². The van der Waals surface area contributed by atoms with E-state index in [-0.39, 0.29) is 11.4 Å². The van der Waals surface area contributed by atoms with E-state index in [2.05, 4.69) is 5.32 Å². The number of hydrogen-bond donors (Lipinski definition) is 1. The first kappa shape index (κ1) is 10.9. The number of carbonyl (C=O) groups excluding carboxylic acids is 1. The minimum Gasteiger partial charge on any atom is -0.381 e. The second-order valence-electron chi connectivity index (χ2n) is 4.93. The second kappa shape index (κ2) is 4.52. The van der Waals surface area contributed by atoms with Crippen molar-refractivity contribution in [3.8, 4) is 0 Å². The summed E-state index contributed by atoms with van der Waals surface area (Å²) < 4.78 is 5.46. The third-order valence-electron chi connectivity index (χ3n) is 3.86. The summed E-state index contributed by atoms with van der Waals surface area (Å²) in [6.07, 6.45) is 6.50. The highest BCUT2D eigenvalue weighted by atomic mass is 16.5. The highest BCUT2D eigenvalue weighted by Crippen LogP contribution is 2.38. The third-order valence-corrected chi connectivity index (χ3v) is 3.86. The quantitative estimate of drug-likeness (QED) is 0.774. The summed E-state index contributed by atoms with van der Waals surface area (Å²) in [5, 5.41) is 3.17. The van der Waals surface area contributed by atoms with Gasteiger partial charge in [-0.2, -0.15) is 0 Å². The molecule has 0 aromatic carbocycles. The standard InChI is InChI=1S/C12H21NO2/c1-2-15-9-10-3-6-12(7-4-10)8-5-11(14)13-12/h10H,2-9H2,1H3,(H,13,14). The third kappa shape index (κ3) is 2.51. The van der Waals surface area contributed by atoms with E-state index in [0.29, 0.717) is 5.92 Å². The molecule has 2 aliphatic rings. The molecule has 3 nitrogen and oxygen atoms in total. The predicted molar refractivity (Wildman–Crippen MR) is 58.6 cm³/mol. The Morgan fingerprint density at radius 2 is 2.13 bits per heavy atom. The van der Waals surface area contributed by atoms with Gasteiger partial charge in [-0.15, -0.1) is 0 Å². The molecule has 1 aliphatic heterocycles. The molecule has 86 valence electrons. The van der Waals surface area contributed by atoms with Crippen LogP contribution in [0.4, 0.5) is 0 Å². The van der Waals surface area contributed by atoms with Crippen LogP contribution >= 0.6 is 0 Å². The molecule has 0 aromatic heterocycles. The number of rotatable bonds is 3. The summed E-state index contributed by atoms with van der Waals surface area (Å²) in [5.74, 6) is 0.964. The largest absolute Gasteiger partial charge is 0.381 e. The van der Waals surface area contributed by atoms with Crippen LogP contribution in [0.25, 0.3) is 0 Å². The molecule has 1 N–H and O–H groups in total. The van der Waals surface area contributed by atoms with Gasteiger partial charge in [0, 0.05) is 25.2 Å². The molecule has 1 amide bonds. The van der Waals surface area contributed by atoms with Gasteiger partial charge < -0.3 is 10.1 Å². The van der Waals surface area contributed by atoms with E-state index in [1.54, 1.807) is 0 Å². The van der Waals surface area contributed by atoms with Crippen LogP contribution in [0.2, 0.25) is 0 Å². The van der Waals surface area contributed by atoms with Crippen LogP contribution in [-0.2, 0) is 9.53 Å². The normalized spacial score (nSPS) is 35.8. The number of nitrogens with one attached hydrogen (secondary N) is 1. The number of carbonyl (C=O) groups is 1. The number of hydrogen-bond acceptors (Lipinski definition) is 2. The molecular weight excluding hydrogens is 190 g/mol. The van der Waals surface area contributed by atoms with E-state index in [1.165, 1.54) is 12.8 Å². The first-order valence-corrected chi connectivity index (χ1v) is 6.13. The predicted octanol–water partition coefficient (Wildman–Crippen LogP) is 1.86. The Kier molecular flexibility index (Phi) is 3.29. The van der Waals surface area contributed by atoms with Gasteiger partial charge in [-0.05, 0) is 44.9 Å². The first-order valence-electron chi connectivity index (χ1n) is 6.13. The summed E-state index contributed by atoms with van der Waals surface area (Å²) in [6.45, 7) is 3.76. The molecule has 1 saturated heterocycles. The highest BCUT2D eigenvalue weighted by molar-refractivity contribution is 5.79. The van der Waals surface area contributed by atoms with Crippen molar-refractivity contribution >= 4 is 5.91 Å². The SMILES string of the molecule is CCOCC1CCC2(CCC(=O)N2)CC1. The summed E-state index contributed by atoms with van der Waals surface area (Å²) >= 11 is 0. The molecule has 0 bridgehead atoms. The van der Waals surface area contributed by atoms with Crippen molar-refractivity contribution in [1.29, 1.82) is 0 Å². The Labute approximate surface area is 91.6 Å². The molecule has 1 spiro atoms. The van der Waals surface area contributed by atoms with Crippen LogP contribution in [0.3, 0.4) is 0 Å². The maximum absolute atomic E-state index is 11.2. The Morgan fingerprint density at radius 1 is 1.40 bits per heavy atom. The molecule has 3 heteroatoms. The zero-order valence-corrected chi connectivity index (χ0v) is 9.55. The van der Waals surface area contributed by atoms with Crippen molar-refractivity contribution in [2.24, 2.45) is 5.92 Å². The fraction of sp³-hybridized carbons (Fsp3) is 0.917. The van der Waals surface area contributed by atoms with E-state index in [1.807, 2.05) is 6.92 Å². The Hall–Kier alpha value is -0.570. The van der Waals surface area contributed by atoms with Crippen molar-refractivity contribution in [2.45, 2.75) is 51.0 Å². The van der Waals surface area contributed by atoms with Crippen molar-refractivity contribution < 1.29 is 9.53 Å². The van der Waals surface area contributed by atoms with Gasteiger partial charge in [0.25, 0.3) is 0 Å². The van der Waals surface area contributed by atoms with Crippen molar-refractivity contribution in [1.82, 2.24) is 5.32 Å². The molecule has 1 aliphatic carbocycles. The smallest absolute Gasteiger partial charge is 0.220 e. The fourth-order valence-corrected chi connectivity index (χ4v) is 2.83. The number of ether oxygens (including phenoxy) is 1. The monoisotopic (exact) mass is 211 g/mol. The van der Waals surface area contributed by atoms with Gasteiger partial charge in [-0.1, -0.05) is 0 Å². The van der Waals surface area contributed by atoms with Crippen molar-refractivity contribution in [2.75, 3.05) is 13.2 Å². The molecule has 15 heavy (non-hydrogen) atoms. The first-order chi connectivity index (χ1) is 7.24. The Balaban J connectivity index is 1.79. The molecule has 0 atom stereocenters. The number of amides is 1. The minimum absolute atomic E-state index is 0.166. The van der Waals surface area contributed by atoms with Crippen LogP contribution in [-0.4, -0.2) is 24.7 Å². The average molecular weight is 211 g/mol. The van der Waals surface area contributed by atoms with Crippen LogP contribution < -0.4 is 5.32 Å². The summed E-state index contributed by atoms with van der Waals surface area (Å²) in [6, 6.07) is 0. The van der Waals surface area contributed by atoms with Gasteiger partial charge in [-0.25, -0.2) is 0 Å². The van der Waals surface area contributed by atoms with Crippen LogP contribution in [0.15, 0.2) is 0 Å². The topological polar surface area (TPSA) is 38.3 Å². The lowest BCUT2D eigenvalue weighted by molar-refractivity contribution is -0.120. The fourth-order valence-electron chi connectivity index (χ4n) is 2.83. The lowest BCUT2D eigenvalue weighted by Crippen LogP contribution is -2.44. The lowest BCUT2D eigenvalue weighted by Gasteiger charge is -2.37. The molecule has 1 heterocycles. The minimum atomic E-state index is 0.166. The second-order valence-corrected chi connectivity index (χ2v) is 4.93. The van der Waals surface area contributed by atoms with Gasteiger partial charge >= 0.3 is 0 Å². The molecule has 0 radical (unpaired) electrons. The maximum atomic E-state index is 11.2. The molecule has 0 unspecified atom stereocenters. The molecule has 1 saturated carbocycles. The lowest BCUT2D eigenvalue weighted by atomic mass is 9.76.